The highest BCUT2D eigenvalue weighted by atomic mass is 16.8. The molecular formula is C53H81N5O25. The van der Waals surface area contributed by atoms with Crippen LogP contribution >= 0.6 is 0 Å². The number of nitrogens with two attached hydrogens (primary N) is 2. The van der Waals surface area contributed by atoms with Crippen molar-refractivity contribution in [1.29, 1.82) is 0 Å². The largest absolute Gasteiger partial charge is 0.510 e. The molecule has 30 nitrogen and oxygen atoms in total. The number of ether oxygens (including phenoxy) is 13. The van der Waals surface area contributed by atoms with Crippen LogP contribution in [0.3, 0.4) is 0 Å². The fraction of sp³-hybridized carbons (Fsp3) is 0.792. The lowest BCUT2D eigenvalue weighted by atomic mass is 9.82. The number of carbonyl (C=O) groups excluding carboxylic acids is 9. The Bertz CT molecular complexity index is 2440. The lowest BCUT2D eigenvalue weighted by Gasteiger charge is -2.52. The maximum atomic E-state index is 13.8. The maximum Gasteiger partial charge on any atom is 0.404 e. The molecule has 30 heteroatoms. The molecule has 0 bridgehead atoms. The summed E-state index contributed by atoms with van der Waals surface area (Å²) in [6.07, 6.45) is -24.4. The zero-order valence-corrected chi connectivity index (χ0v) is 48.7. The second-order valence-electron chi connectivity index (χ2n) is 22.5. The Kier molecular flexibility index (Phi) is 22.1. The fourth-order valence-electron chi connectivity index (χ4n) is 11.6. The van der Waals surface area contributed by atoms with E-state index in [-0.39, 0.29) is 36.8 Å². The number of allylic oxidation sites excluding steroid dienone is 2. The quantitative estimate of drug-likeness (QED) is 0.0568. The molecule has 6 aliphatic rings. The van der Waals surface area contributed by atoms with Crippen molar-refractivity contribution in [3.63, 3.8) is 0 Å². The van der Waals surface area contributed by atoms with Crippen LogP contribution in [-0.2, 0) is 99.9 Å². The number of hydrogen-bond donors (Lipinski definition) is 8. The molecular weight excluding hydrogens is 1110 g/mol. The number of ketones is 1. The van der Waals surface area contributed by atoms with Gasteiger partial charge in [0, 0.05) is 71.1 Å². The third-order valence-electron chi connectivity index (χ3n) is 16.3. The van der Waals surface area contributed by atoms with Gasteiger partial charge in [0.1, 0.15) is 35.9 Å². The number of aliphatic hydroxyl groups is 3. The highest BCUT2D eigenvalue weighted by Gasteiger charge is 2.60. The smallest absolute Gasteiger partial charge is 0.404 e. The van der Waals surface area contributed by atoms with Gasteiger partial charge < -0.3 is 104 Å². The van der Waals surface area contributed by atoms with Crippen LogP contribution < -0.4 is 27.4 Å². The summed E-state index contributed by atoms with van der Waals surface area (Å²) in [6.45, 7) is 18.2. The SMILES string of the molecule is CC(=O)NC1C(C)C(O[C@@H]2OC(C(=O)NC3=C(O)CCC3=O)[C@H](C)[C@H](C)C2OC(C)=O)C(C)O[C@H]1O[C@H]1C(CO[C@@H]2OC(COC(C)=O)C(C)C(C)C2OC(C)=O)O[C@@H](OC2C(O)OC(C(N)=O)[C@@](C)(O)[C@@H]2OC(N)=O)C(NC(C)=O)[C@H]1C. The van der Waals surface area contributed by atoms with Crippen LogP contribution in [0, 0.1) is 35.5 Å². The lowest BCUT2D eigenvalue weighted by molar-refractivity contribution is -0.369. The lowest BCUT2D eigenvalue weighted by Crippen LogP contribution is -2.71. The molecule has 6 rings (SSSR count). The molecule has 0 spiro atoms. The van der Waals surface area contributed by atoms with Gasteiger partial charge in [-0.15, -0.1) is 0 Å². The summed E-state index contributed by atoms with van der Waals surface area (Å²) in [5.74, 6) is -9.78. The summed E-state index contributed by atoms with van der Waals surface area (Å²) in [7, 11) is 0. The number of primary amides is 2. The Hall–Kier alpha value is -5.67. The number of nitrogens with one attached hydrogen (secondary N) is 3. The molecule has 83 heavy (non-hydrogen) atoms. The molecule has 0 radical (unpaired) electrons. The third kappa shape index (κ3) is 15.4. The van der Waals surface area contributed by atoms with Gasteiger partial charge >= 0.3 is 24.0 Å². The number of aliphatic hydroxyl groups excluding tert-OH is 2. The minimum Gasteiger partial charge on any atom is -0.510 e. The van der Waals surface area contributed by atoms with Crippen LogP contribution in [0.25, 0.3) is 0 Å². The molecule has 5 saturated heterocycles. The molecule has 10 N–H and O–H groups in total. The summed E-state index contributed by atoms with van der Waals surface area (Å²) in [4.78, 5) is 115. The first-order valence-corrected chi connectivity index (χ1v) is 27.5. The monoisotopic (exact) mass is 1190 g/mol. The van der Waals surface area contributed by atoms with Gasteiger partial charge in [-0.3, -0.25) is 38.4 Å². The molecule has 0 saturated carbocycles. The summed E-state index contributed by atoms with van der Waals surface area (Å²) in [6, 6.07) is -2.43. The number of esters is 3. The minimum absolute atomic E-state index is 0.00113. The van der Waals surface area contributed by atoms with E-state index in [9.17, 15) is 58.5 Å². The average Bonchev–Trinajstić information content (AvgIpc) is 2.39. The van der Waals surface area contributed by atoms with Gasteiger partial charge in [-0.2, -0.15) is 0 Å². The average molecular weight is 1190 g/mol. The molecule has 0 aromatic rings. The van der Waals surface area contributed by atoms with E-state index in [0.29, 0.717) is 0 Å². The van der Waals surface area contributed by atoms with E-state index in [0.717, 1.165) is 6.92 Å². The predicted octanol–water partition coefficient (Wildman–Crippen LogP) is -1.00. The molecule has 15 unspecified atom stereocenters. The molecule has 25 atom stereocenters. The molecule has 5 heterocycles. The molecule has 5 fully saturated rings. The van der Waals surface area contributed by atoms with Crippen molar-refractivity contribution in [2.24, 2.45) is 47.0 Å². The molecule has 0 aromatic heterocycles. The van der Waals surface area contributed by atoms with E-state index in [1.165, 1.54) is 34.6 Å². The van der Waals surface area contributed by atoms with Crippen molar-refractivity contribution < 1.29 is 120 Å². The van der Waals surface area contributed by atoms with Crippen molar-refractivity contribution in [3.8, 4) is 0 Å². The topological polar surface area (TPSA) is 422 Å². The van der Waals surface area contributed by atoms with Crippen molar-refractivity contribution >= 4 is 53.4 Å². The van der Waals surface area contributed by atoms with Crippen molar-refractivity contribution in [2.45, 2.75) is 219 Å². The maximum absolute atomic E-state index is 13.8. The number of carbonyl (C=O) groups is 9. The third-order valence-corrected chi connectivity index (χ3v) is 16.3. The Labute approximate surface area is 479 Å². The fourth-order valence-corrected chi connectivity index (χ4v) is 11.6. The van der Waals surface area contributed by atoms with Crippen LogP contribution in [0.15, 0.2) is 11.5 Å². The van der Waals surface area contributed by atoms with Crippen LogP contribution in [0.5, 0.6) is 0 Å². The number of amides is 5. The van der Waals surface area contributed by atoms with Gasteiger partial charge in [0.15, 0.2) is 67.8 Å². The molecule has 1 aliphatic carbocycles. The first kappa shape index (κ1) is 66.5. The Morgan fingerprint density at radius 3 is 1.66 bits per heavy atom. The van der Waals surface area contributed by atoms with E-state index in [2.05, 4.69) is 16.0 Å². The molecule has 468 valence electrons. The summed E-state index contributed by atoms with van der Waals surface area (Å²) in [5.41, 5.74) is 8.15. The Morgan fingerprint density at radius 2 is 1.13 bits per heavy atom. The van der Waals surface area contributed by atoms with Gasteiger partial charge in [-0.25, -0.2) is 4.79 Å². The molecule has 5 amide bonds. The Balaban J connectivity index is 1.37. The second kappa shape index (κ2) is 27.6. The van der Waals surface area contributed by atoms with Crippen molar-refractivity contribution in [2.75, 3.05) is 13.2 Å². The van der Waals surface area contributed by atoms with Gasteiger partial charge in [-0.05, 0) is 25.7 Å². The zero-order valence-electron chi connectivity index (χ0n) is 48.7. The van der Waals surface area contributed by atoms with E-state index >= 15 is 0 Å². The first-order chi connectivity index (χ1) is 38.7. The zero-order chi connectivity index (χ0) is 61.8. The van der Waals surface area contributed by atoms with Gasteiger partial charge in [-0.1, -0.05) is 41.5 Å². The predicted molar refractivity (Wildman–Crippen MR) is 276 cm³/mol. The second-order valence-corrected chi connectivity index (χ2v) is 22.5. The van der Waals surface area contributed by atoms with E-state index in [1.807, 2.05) is 6.92 Å². The number of rotatable bonds is 19. The van der Waals surface area contributed by atoms with Crippen LogP contribution in [0.2, 0.25) is 0 Å². The Morgan fingerprint density at radius 1 is 0.602 bits per heavy atom. The van der Waals surface area contributed by atoms with Gasteiger partial charge in [0.25, 0.3) is 5.91 Å². The summed E-state index contributed by atoms with van der Waals surface area (Å²) < 4.78 is 79.7. The van der Waals surface area contributed by atoms with E-state index < -0.39 is 206 Å². The summed E-state index contributed by atoms with van der Waals surface area (Å²) in [5, 5.41) is 41.5. The normalized spacial score (nSPS) is 41.0. The van der Waals surface area contributed by atoms with Crippen molar-refractivity contribution in [1.82, 2.24) is 16.0 Å². The highest BCUT2D eigenvalue weighted by molar-refractivity contribution is 6.02. The minimum atomic E-state index is -2.51. The summed E-state index contributed by atoms with van der Waals surface area (Å²) >= 11 is 0. The standard InChI is InChI=1S/C53H81N5O25/c1-18-19(2)40(74-28(11)62)50(76-32(18)16-71-27(10)61)72-17-33-38(23(6)35(57-26(9)60)49(77-33)81-42-43(83-52(55)69)53(13,70)44(45(54)66)82-47(42)68)79-48-34(56-25(8)59)22(5)37(24(7)73-48)78-51-41(75-29(12)63)21(4)20(3)39(80-51)46(67)58-36-30(64)14-15-31(36)65/h18-24,32-35,37-44,47-51,64,68,70H,14-17H2,1-13H3,(H2,54,66)(H2,55,69)(H,56,59)(H,57,60)(H,58,67)/t18?,19?,20-,21+,22?,23-,24?,32?,33?,34?,35?,37?,38-,39?,40?,41?,42?,43-,44?,47?,48+,49+,50-,51-,53+/m1/s1. The van der Waals surface area contributed by atoms with Crippen LogP contribution in [0.4, 0.5) is 4.79 Å². The number of Topliss-reactive ketones (excluding diaryl/α,β-unsaturated/α-hetero) is 1. The molecule has 0 aromatic carbocycles. The van der Waals surface area contributed by atoms with Crippen LogP contribution in [0.1, 0.15) is 103 Å². The molecule has 5 aliphatic heterocycles. The highest BCUT2D eigenvalue weighted by Crippen LogP contribution is 2.42. The first-order valence-electron chi connectivity index (χ1n) is 27.5. The van der Waals surface area contributed by atoms with Crippen molar-refractivity contribution in [3.05, 3.63) is 11.5 Å². The number of hydrogen-bond acceptors (Lipinski definition) is 25. The van der Waals surface area contributed by atoms with E-state index in [4.69, 9.17) is 73.0 Å². The van der Waals surface area contributed by atoms with Gasteiger partial charge in [0.2, 0.25) is 17.7 Å². The van der Waals surface area contributed by atoms with Crippen LogP contribution in [-0.4, -0.2) is 198 Å². The van der Waals surface area contributed by atoms with E-state index in [1.54, 1.807) is 41.5 Å². The van der Waals surface area contributed by atoms with Gasteiger partial charge in [0.05, 0.1) is 43.1 Å².